The van der Waals surface area contributed by atoms with Crippen LogP contribution in [0.5, 0.6) is 0 Å². The van der Waals surface area contributed by atoms with Gasteiger partial charge in [-0.15, -0.1) is 0 Å². The average molecular weight is 160 g/mol. The molecule has 0 aromatic rings. The number of carbonyl (C=O) groups excluding carboxylic acids is 1. The smallest absolute Gasteiger partial charge is 0.322 e. The molecule has 0 aliphatic carbocycles. The van der Waals surface area contributed by atoms with E-state index in [9.17, 15) is 4.79 Å². The summed E-state index contributed by atoms with van der Waals surface area (Å²) in [4.78, 5) is 11.0. The van der Waals surface area contributed by atoms with Crippen LogP contribution in [0.4, 0.5) is 0 Å². The first-order valence-corrected chi connectivity index (χ1v) is 3.77. The Hall–Kier alpha value is -0.610. The Kier molecular flexibility index (Phi) is 5.78. The molecule has 4 heteroatoms. The third-order valence-electron chi connectivity index (χ3n) is 1.39. The number of hydrogen-bond donors (Lipinski definition) is 2. The number of methoxy groups -OCH3 is 1. The van der Waals surface area contributed by atoms with E-state index in [0.717, 1.165) is 6.54 Å². The van der Waals surface area contributed by atoms with Crippen molar-refractivity contribution in [1.82, 2.24) is 5.32 Å². The highest BCUT2D eigenvalue weighted by Crippen LogP contribution is 1.92. The Bertz CT molecular complexity index is 111. The predicted octanol–water partition coefficient (Wildman–Crippen LogP) is -0.514. The minimum absolute atomic E-state index is 0.239. The van der Waals surface area contributed by atoms with Crippen LogP contribution in [0.2, 0.25) is 0 Å². The van der Waals surface area contributed by atoms with Gasteiger partial charge in [0, 0.05) is 0 Å². The fourth-order valence-corrected chi connectivity index (χ4v) is 0.859. The monoisotopic (exact) mass is 160 g/mol. The summed E-state index contributed by atoms with van der Waals surface area (Å²) in [5.41, 5.74) is 5.30. The molecule has 4 nitrogen and oxygen atoms in total. The number of nitrogens with two attached hydrogens (primary N) is 1. The lowest BCUT2D eigenvalue weighted by Crippen LogP contribution is -2.39. The van der Waals surface area contributed by atoms with E-state index in [4.69, 9.17) is 5.73 Å². The molecule has 1 atom stereocenters. The molecule has 0 fully saturated rings. The molecular weight excluding hydrogens is 144 g/mol. The molecule has 11 heavy (non-hydrogen) atoms. The quantitative estimate of drug-likeness (QED) is 0.531. The largest absolute Gasteiger partial charge is 0.468 e. The Labute approximate surface area is 67.1 Å². The van der Waals surface area contributed by atoms with Gasteiger partial charge in [-0.25, -0.2) is 0 Å². The number of likely N-dealkylation sites (N-methyl/N-ethyl adjacent to an activating group) is 1. The molecule has 1 unspecified atom stereocenters. The van der Waals surface area contributed by atoms with E-state index in [1.54, 1.807) is 0 Å². The van der Waals surface area contributed by atoms with Crippen LogP contribution in [0.15, 0.2) is 0 Å². The number of esters is 1. The van der Waals surface area contributed by atoms with Gasteiger partial charge in [-0.2, -0.15) is 0 Å². The second kappa shape index (κ2) is 6.12. The summed E-state index contributed by atoms with van der Waals surface area (Å²) in [6, 6.07) is -0.241. The maximum atomic E-state index is 11.0. The Morgan fingerprint density at radius 1 is 1.73 bits per heavy atom. The lowest BCUT2D eigenvalue weighted by atomic mass is 10.2. The molecular formula is C7H16N2O2. The SMILES string of the molecule is CCNC(CCN)C(=O)OC. The number of rotatable bonds is 5. The topological polar surface area (TPSA) is 64.3 Å². The van der Waals surface area contributed by atoms with E-state index in [1.165, 1.54) is 7.11 Å². The standard InChI is InChI=1S/C7H16N2O2/c1-3-9-6(4-5-8)7(10)11-2/h6,9H,3-5,8H2,1-2H3. The van der Waals surface area contributed by atoms with E-state index in [1.807, 2.05) is 6.92 Å². The number of ether oxygens (including phenoxy) is 1. The Balaban J connectivity index is 3.76. The first-order valence-electron chi connectivity index (χ1n) is 3.77. The summed E-state index contributed by atoms with van der Waals surface area (Å²) in [5, 5.41) is 2.98. The predicted molar refractivity (Wildman–Crippen MR) is 43.2 cm³/mol. The molecule has 66 valence electrons. The van der Waals surface area contributed by atoms with E-state index in [-0.39, 0.29) is 12.0 Å². The van der Waals surface area contributed by atoms with Crippen LogP contribution in [0, 0.1) is 0 Å². The fraction of sp³-hybridized carbons (Fsp3) is 0.857. The zero-order valence-corrected chi connectivity index (χ0v) is 7.09. The normalized spacial score (nSPS) is 12.6. The summed E-state index contributed by atoms with van der Waals surface area (Å²) in [5.74, 6) is -0.239. The van der Waals surface area contributed by atoms with Crippen LogP contribution in [-0.2, 0) is 9.53 Å². The zero-order valence-electron chi connectivity index (χ0n) is 7.09. The maximum absolute atomic E-state index is 11.0. The molecule has 0 bridgehead atoms. The number of carbonyl (C=O) groups is 1. The van der Waals surface area contributed by atoms with Gasteiger partial charge in [0.1, 0.15) is 6.04 Å². The molecule has 0 amide bonds. The molecule has 3 N–H and O–H groups in total. The van der Waals surface area contributed by atoms with Gasteiger partial charge < -0.3 is 15.8 Å². The molecule has 0 saturated carbocycles. The van der Waals surface area contributed by atoms with Crippen molar-refractivity contribution in [2.45, 2.75) is 19.4 Å². The Morgan fingerprint density at radius 2 is 2.36 bits per heavy atom. The van der Waals surface area contributed by atoms with Crippen LogP contribution < -0.4 is 11.1 Å². The van der Waals surface area contributed by atoms with Crippen LogP contribution in [0.3, 0.4) is 0 Å². The van der Waals surface area contributed by atoms with E-state index in [2.05, 4.69) is 10.1 Å². The lowest BCUT2D eigenvalue weighted by molar-refractivity contribution is -0.143. The maximum Gasteiger partial charge on any atom is 0.322 e. The Morgan fingerprint density at radius 3 is 2.73 bits per heavy atom. The van der Waals surface area contributed by atoms with Crippen molar-refractivity contribution in [1.29, 1.82) is 0 Å². The van der Waals surface area contributed by atoms with Crippen LogP contribution >= 0.6 is 0 Å². The average Bonchev–Trinajstić information content (AvgIpc) is 2.03. The molecule has 0 saturated heterocycles. The summed E-state index contributed by atoms with van der Waals surface area (Å²) >= 11 is 0. The van der Waals surface area contributed by atoms with Gasteiger partial charge in [0.15, 0.2) is 0 Å². The number of nitrogens with one attached hydrogen (secondary N) is 1. The third kappa shape index (κ3) is 3.95. The van der Waals surface area contributed by atoms with Gasteiger partial charge in [0.25, 0.3) is 0 Å². The van der Waals surface area contributed by atoms with E-state index in [0.29, 0.717) is 13.0 Å². The number of hydrogen-bond acceptors (Lipinski definition) is 4. The zero-order chi connectivity index (χ0) is 8.69. The van der Waals surface area contributed by atoms with Crippen LogP contribution in [-0.4, -0.2) is 32.2 Å². The van der Waals surface area contributed by atoms with Gasteiger partial charge in [0.2, 0.25) is 0 Å². The van der Waals surface area contributed by atoms with Crippen LogP contribution in [0.25, 0.3) is 0 Å². The summed E-state index contributed by atoms with van der Waals surface area (Å²) in [7, 11) is 1.38. The van der Waals surface area contributed by atoms with Crippen molar-refractivity contribution < 1.29 is 9.53 Å². The minimum Gasteiger partial charge on any atom is -0.468 e. The highest BCUT2D eigenvalue weighted by Gasteiger charge is 2.15. The van der Waals surface area contributed by atoms with Crippen molar-refractivity contribution in [3.63, 3.8) is 0 Å². The van der Waals surface area contributed by atoms with Crippen molar-refractivity contribution in [2.24, 2.45) is 5.73 Å². The lowest BCUT2D eigenvalue weighted by Gasteiger charge is -2.13. The molecule has 0 aromatic heterocycles. The van der Waals surface area contributed by atoms with Gasteiger partial charge >= 0.3 is 5.97 Å². The van der Waals surface area contributed by atoms with E-state index >= 15 is 0 Å². The van der Waals surface area contributed by atoms with Gasteiger partial charge in [-0.1, -0.05) is 6.92 Å². The van der Waals surface area contributed by atoms with Gasteiger partial charge in [0.05, 0.1) is 7.11 Å². The molecule has 0 rings (SSSR count). The van der Waals surface area contributed by atoms with Gasteiger partial charge in [-0.3, -0.25) is 4.79 Å². The first kappa shape index (κ1) is 10.4. The summed E-state index contributed by atoms with van der Waals surface area (Å²) in [6.45, 7) is 3.18. The summed E-state index contributed by atoms with van der Waals surface area (Å²) < 4.78 is 4.56. The van der Waals surface area contributed by atoms with E-state index < -0.39 is 0 Å². The van der Waals surface area contributed by atoms with Crippen molar-refractivity contribution in [3.8, 4) is 0 Å². The minimum atomic E-state index is -0.241. The highest BCUT2D eigenvalue weighted by molar-refractivity contribution is 5.75. The fourth-order valence-electron chi connectivity index (χ4n) is 0.859. The third-order valence-corrected chi connectivity index (χ3v) is 1.39. The van der Waals surface area contributed by atoms with Crippen molar-refractivity contribution in [3.05, 3.63) is 0 Å². The molecule has 0 spiro atoms. The highest BCUT2D eigenvalue weighted by atomic mass is 16.5. The summed E-state index contributed by atoms with van der Waals surface area (Å²) in [6.07, 6.45) is 0.626. The second-order valence-corrected chi connectivity index (χ2v) is 2.21. The van der Waals surface area contributed by atoms with Gasteiger partial charge in [-0.05, 0) is 19.5 Å². The molecule has 0 heterocycles. The molecule has 0 aliphatic rings. The second-order valence-electron chi connectivity index (χ2n) is 2.21. The molecule has 0 radical (unpaired) electrons. The van der Waals surface area contributed by atoms with Crippen LogP contribution in [0.1, 0.15) is 13.3 Å². The van der Waals surface area contributed by atoms with Crippen molar-refractivity contribution in [2.75, 3.05) is 20.2 Å². The molecule has 0 aliphatic heterocycles. The molecule has 0 aromatic carbocycles. The first-order chi connectivity index (χ1) is 5.26. The van der Waals surface area contributed by atoms with Crippen molar-refractivity contribution >= 4 is 5.97 Å².